The molecule has 5 heteroatoms. The molecule has 1 heterocycles. The summed E-state index contributed by atoms with van der Waals surface area (Å²) >= 11 is 1.48. The zero-order valence-electron chi connectivity index (χ0n) is 12.2. The molecule has 0 bridgehead atoms. The largest absolute Gasteiger partial charge is 0.516 e. The molecule has 0 spiro atoms. The standard InChI is InChI=1S/C17H17N3OS/c1-2-13-22-17(19-11-5-6-12-21)8-4-3-7-15-9-10-16(18)20-14-15/h2,4-6,8-14,21H,1H3,(H2,18,20)/b8-4+,11-5+,12-6+,13-2+,19-17+. The molecule has 0 amide bonds. The van der Waals surface area contributed by atoms with Crippen molar-refractivity contribution < 1.29 is 5.11 Å². The van der Waals surface area contributed by atoms with E-state index in [4.69, 9.17) is 10.8 Å². The van der Waals surface area contributed by atoms with Crippen LogP contribution >= 0.6 is 11.8 Å². The number of nitrogen functional groups attached to an aromatic ring is 1. The lowest BCUT2D eigenvalue weighted by atomic mass is 10.3. The SMILES string of the molecule is C/C=C/SC(/C=C/C#Cc1ccc(N)nc1)=N/C=C/C=C/O. The van der Waals surface area contributed by atoms with Crippen LogP contribution in [0.1, 0.15) is 12.5 Å². The minimum atomic E-state index is 0.474. The molecule has 112 valence electrons. The highest BCUT2D eigenvalue weighted by Gasteiger charge is 1.89. The quantitative estimate of drug-likeness (QED) is 0.291. The van der Waals surface area contributed by atoms with E-state index >= 15 is 0 Å². The zero-order valence-corrected chi connectivity index (χ0v) is 13.0. The Hall–Kier alpha value is -2.71. The number of allylic oxidation sites excluding steroid dienone is 4. The number of aliphatic imine (C=N–C) groups is 1. The molecule has 0 aliphatic carbocycles. The number of thioether (sulfide) groups is 1. The minimum Gasteiger partial charge on any atom is -0.516 e. The molecule has 0 saturated heterocycles. The fraction of sp³-hybridized carbons (Fsp3) is 0.0588. The van der Waals surface area contributed by atoms with Crippen LogP contribution in [-0.2, 0) is 0 Å². The Morgan fingerprint density at radius 3 is 2.95 bits per heavy atom. The highest BCUT2D eigenvalue weighted by atomic mass is 32.2. The number of aliphatic hydroxyl groups excluding tert-OH is 1. The Labute approximate surface area is 134 Å². The summed E-state index contributed by atoms with van der Waals surface area (Å²) in [5, 5.41) is 11.2. The van der Waals surface area contributed by atoms with E-state index in [0.717, 1.165) is 16.9 Å². The number of anilines is 1. The van der Waals surface area contributed by atoms with Crippen LogP contribution in [-0.4, -0.2) is 15.1 Å². The van der Waals surface area contributed by atoms with Gasteiger partial charge in [0.05, 0.1) is 6.26 Å². The molecule has 0 atom stereocenters. The van der Waals surface area contributed by atoms with Gasteiger partial charge in [0, 0.05) is 18.0 Å². The lowest BCUT2D eigenvalue weighted by Crippen LogP contribution is -1.88. The Morgan fingerprint density at radius 2 is 2.27 bits per heavy atom. The number of hydrogen-bond acceptors (Lipinski definition) is 5. The topological polar surface area (TPSA) is 71.5 Å². The van der Waals surface area contributed by atoms with Gasteiger partial charge in [0.2, 0.25) is 0 Å². The third kappa shape index (κ3) is 7.78. The molecule has 1 aromatic heterocycles. The first-order valence-electron chi connectivity index (χ1n) is 6.47. The predicted molar refractivity (Wildman–Crippen MR) is 95.4 cm³/mol. The number of aromatic nitrogens is 1. The molecule has 0 saturated carbocycles. The normalized spacial score (nSPS) is 12.5. The van der Waals surface area contributed by atoms with E-state index in [0.29, 0.717) is 5.82 Å². The van der Waals surface area contributed by atoms with Gasteiger partial charge >= 0.3 is 0 Å². The molecule has 0 unspecified atom stereocenters. The van der Waals surface area contributed by atoms with Gasteiger partial charge in [0.25, 0.3) is 0 Å². The summed E-state index contributed by atoms with van der Waals surface area (Å²) in [6, 6.07) is 3.53. The van der Waals surface area contributed by atoms with Crippen molar-refractivity contribution in [2.45, 2.75) is 6.92 Å². The predicted octanol–water partition coefficient (Wildman–Crippen LogP) is 3.82. The second kappa shape index (κ2) is 11.0. The van der Waals surface area contributed by atoms with E-state index in [-0.39, 0.29) is 0 Å². The van der Waals surface area contributed by atoms with Gasteiger partial charge in [0.1, 0.15) is 10.9 Å². The zero-order chi connectivity index (χ0) is 16.0. The average Bonchev–Trinajstić information content (AvgIpc) is 2.54. The molecule has 1 aromatic rings. The number of aliphatic hydroxyl groups is 1. The number of rotatable bonds is 4. The summed E-state index contributed by atoms with van der Waals surface area (Å²) in [6.45, 7) is 1.94. The van der Waals surface area contributed by atoms with Crippen molar-refractivity contribution in [1.29, 1.82) is 0 Å². The summed E-state index contributed by atoms with van der Waals surface area (Å²) in [7, 11) is 0. The van der Waals surface area contributed by atoms with Gasteiger partial charge in [-0.2, -0.15) is 0 Å². The van der Waals surface area contributed by atoms with Crippen LogP contribution in [0.5, 0.6) is 0 Å². The molecule has 22 heavy (non-hydrogen) atoms. The summed E-state index contributed by atoms with van der Waals surface area (Å²) in [5.74, 6) is 6.36. The van der Waals surface area contributed by atoms with Crippen molar-refractivity contribution in [3.63, 3.8) is 0 Å². The van der Waals surface area contributed by atoms with Crippen molar-refractivity contribution in [1.82, 2.24) is 4.98 Å². The minimum absolute atomic E-state index is 0.474. The van der Waals surface area contributed by atoms with Crippen molar-refractivity contribution in [3.05, 3.63) is 72.1 Å². The van der Waals surface area contributed by atoms with Gasteiger partial charge in [-0.1, -0.05) is 29.7 Å². The first-order chi connectivity index (χ1) is 10.8. The van der Waals surface area contributed by atoms with Crippen molar-refractivity contribution >= 4 is 22.6 Å². The maximum absolute atomic E-state index is 8.53. The van der Waals surface area contributed by atoms with E-state index in [2.05, 4.69) is 21.8 Å². The second-order valence-electron chi connectivity index (χ2n) is 3.81. The molecular weight excluding hydrogens is 294 g/mol. The van der Waals surface area contributed by atoms with Gasteiger partial charge in [-0.3, -0.25) is 0 Å². The van der Waals surface area contributed by atoms with E-state index in [9.17, 15) is 0 Å². The third-order valence-electron chi connectivity index (χ3n) is 2.12. The van der Waals surface area contributed by atoms with Crippen LogP contribution in [0.25, 0.3) is 0 Å². The van der Waals surface area contributed by atoms with Crippen molar-refractivity contribution in [2.24, 2.45) is 4.99 Å². The Morgan fingerprint density at radius 1 is 1.41 bits per heavy atom. The van der Waals surface area contributed by atoms with Gasteiger partial charge in [-0.05, 0) is 48.8 Å². The number of pyridine rings is 1. The van der Waals surface area contributed by atoms with Crippen LogP contribution in [0.15, 0.2) is 71.6 Å². The molecule has 4 nitrogen and oxygen atoms in total. The van der Waals surface area contributed by atoms with Crippen LogP contribution in [0.4, 0.5) is 5.82 Å². The van der Waals surface area contributed by atoms with Crippen LogP contribution < -0.4 is 5.73 Å². The van der Waals surface area contributed by atoms with E-state index < -0.39 is 0 Å². The van der Waals surface area contributed by atoms with E-state index in [1.54, 1.807) is 30.6 Å². The van der Waals surface area contributed by atoms with E-state index in [1.807, 2.05) is 30.6 Å². The molecular formula is C17H17N3OS. The second-order valence-corrected chi connectivity index (χ2v) is 4.74. The van der Waals surface area contributed by atoms with Gasteiger partial charge in [-0.25, -0.2) is 9.98 Å². The maximum Gasteiger partial charge on any atom is 0.123 e. The molecule has 3 N–H and O–H groups in total. The molecule has 0 aliphatic heterocycles. The summed E-state index contributed by atoms with van der Waals surface area (Å²) in [6.07, 6.45) is 12.8. The van der Waals surface area contributed by atoms with Crippen molar-refractivity contribution in [3.8, 4) is 11.8 Å². The maximum atomic E-state index is 8.53. The van der Waals surface area contributed by atoms with Crippen LogP contribution in [0.2, 0.25) is 0 Å². The Kier molecular flexibility index (Phi) is 8.67. The average molecular weight is 311 g/mol. The summed E-state index contributed by atoms with van der Waals surface area (Å²) in [4.78, 5) is 8.23. The third-order valence-corrected chi connectivity index (χ3v) is 3.01. The molecule has 0 aromatic carbocycles. The summed E-state index contributed by atoms with van der Waals surface area (Å²) in [5.41, 5.74) is 6.31. The Balaban J connectivity index is 2.74. The fourth-order valence-electron chi connectivity index (χ4n) is 1.18. The Bertz CT molecular complexity index is 659. The van der Waals surface area contributed by atoms with Gasteiger partial charge < -0.3 is 10.8 Å². The molecule has 0 radical (unpaired) electrons. The van der Waals surface area contributed by atoms with Crippen LogP contribution in [0.3, 0.4) is 0 Å². The summed E-state index contributed by atoms with van der Waals surface area (Å²) < 4.78 is 0. The smallest absolute Gasteiger partial charge is 0.123 e. The highest BCUT2D eigenvalue weighted by molar-refractivity contribution is 8.16. The van der Waals surface area contributed by atoms with Crippen molar-refractivity contribution in [2.75, 3.05) is 5.73 Å². The monoisotopic (exact) mass is 311 g/mol. The van der Waals surface area contributed by atoms with E-state index in [1.165, 1.54) is 17.8 Å². The fourth-order valence-corrected chi connectivity index (χ4v) is 1.73. The molecule has 1 rings (SSSR count). The lowest BCUT2D eigenvalue weighted by molar-refractivity contribution is 0.473. The van der Waals surface area contributed by atoms with Gasteiger partial charge in [0.15, 0.2) is 0 Å². The number of nitrogens with zero attached hydrogens (tertiary/aromatic N) is 2. The molecule has 0 fully saturated rings. The van der Waals surface area contributed by atoms with Crippen LogP contribution in [0, 0.1) is 11.8 Å². The number of hydrogen-bond donors (Lipinski definition) is 2. The number of nitrogens with two attached hydrogens (primary N) is 1. The lowest BCUT2D eigenvalue weighted by Gasteiger charge is -1.92. The highest BCUT2D eigenvalue weighted by Crippen LogP contribution is 2.08. The first kappa shape index (κ1) is 17.3. The first-order valence-corrected chi connectivity index (χ1v) is 7.35. The van der Waals surface area contributed by atoms with Gasteiger partial charge in [-0.15, -0.1) is 0 Å². The molecule has 0 aliphatic rings.